The van der Waals surface area contributed by atoms with E-state index in [-0.39, 0.29) is 17.7 Å². The highest BCUT2D eigenvalue weighted by atomic mass is 16.5. The summed E-state index contributed by atoms with van der Waals surface area (Å²) >= 11 is 0. The van der Waals surface area contributed by atoms with Crippen LogP contribution in [-0.2, 0) is 16.0 Å². The van der Waals surface area contributed by atoms with Crippen molar-refractivity contribution in [2.24, 2.45) is 11.8 Å². The highest BCUT2D eigenvalue weighted by molar-refractivity contribution is 5.85. The first-order chi connectivity index (χ1) is 11.0. The van der Waals surface area contributed by atoms with Crippen molar-refractivity contribution >= 4 is 11.9 Å². The van der Waals surface area contributed by atoms with Crippen LogP contribution in [0, 0.1) is 11.8 Å². The fourth-order valence-electron chi connectivity index (χ4n) is 3.10. The lowest BCUT2D eigenvalue weighted by atomic mass is 9.97. The van der Waals surface area contributed by atoms with E-state index in [1.807, 2.05) is 38.1 Å². The van der Waals surface area contributed by atoms with Gasteiger partial charge in [-0.05, 0) is 42.9 Å². The standard InChI is InChI=1S/C18H25NO4/c1-4-12(2)17(20)19-11-14(10-16(19)18(21)22)9-13-5-7-15(23-3)8-6-13/h5-8,12,14,16H,4,9-11H2,1-3H3,(H,21,22)/t12-,14-,16+/m1/s1. The van der Waals surface area contributed by atoms with Crippen molar-refractivity contribution in [2.75, 3.05) is 13.7 Å². The van der Waals surface area contributed by atoms with Crippen LogP contribution in [0.15, 0.2) is 24.3 Å². The molecular weight excluding hydrogens is 294 g/mol. The first kappa shape index (κ1) is 17.3. The number of rotatable bonds is 6. The van der Waals surface area contributed by atoms with Crippen LogP contribution in [0.4, 0.5) is 0 Å². The molecular formula is C18H25NO4. The lowest BCUT2D eigenvalue weighted by molar-refractivity contribution is -0.149. The number of aliphatic carboxylic acids is 1. The Morgan fingerprint density at radius 1 is 1.35 bits per heavy atom. The lowest BCUT2D eigenvalue weighted by Gasteiger charge is -2.24. The molecule has 1 aromatic carbocycles. The summed E-state index contributed by atoms with van der Waals surface area (Å²) in [6, 6.07) is 7.10. The second kappa shape index (κ2) is 7.49. The van der Waals surface area contributed by atoms with Gasteiger partial charge in [0.1, 0.15) is 11.8 Å². The fraction of sp³-hybridized carbons (Fsp3) is 0.556. The van der Waals surface area contributed by atoms with Gasteiger partial charge >= 0.3 is 5.97 Å². The maximum Gasteiger partial charge on any atom is 0.326 e. The highest BCUT2D eigenvalue weighted by Gasteiger charge is 2.40. The van der Waals surface area contributed by atoms with E-state index >= 15 is 0 Å². The number of amides is 1. The summed E-state index contributed by atoms with van der Waals surface area (Å²) in [5, 5.41) is 9.43. The molecule has 2 rings (SSSR count). The quantitative estimate of drug-likeness (QED) is 0.875. The van der Waals surface area contributed by atoms with Gasteiger partial charge < -0.3 is 14.7 Å². The Labute approximate surface area is 137 Å². The Balaban J connectivity index is 2.06. The normalized spacial score (nSPS) is 22.0. The number of nitrogens with zero attached hydrogens (tertiary/aromatic N) is 1. The number of carbonyl (C=O) groups is 2. The second-order valence-corrected chi connectivity index (χ2v) is 6.31. The van der Waals surface area contributed by atoms with E-state index in [0.717, 1.165) is 24.2 Å². The molecule has 0 saturated carbocycles. The average molecular weight is 319 g/mol. The van der Waals surface area contributed by atoms with Crippen molar-refractivity contribution in [3.8, 4) is 5.75 Å². The molecule has 1 aromatic rings. The van der Waals surface area contributed by atoms with E-state index in [2.05, 4.69) is 0 Å². The topological polar surface area (TPSA) is 66.8 Å². The minimum Gasteiger partial charge on any atom is -0.497 e. The Bertz CT molecular complexity index is 555. The van der Waals surface area contributed by atoms with E-state index in [0.29, 0.717) is 13.0 Å². The zero-order valence-corrected chi connectivity index (χ0v) is 14.0. The van der Waals surface area contributed by atoms with Crippen LogP contribution in [0.25, 0.3) is 0 Å². The Morgan fingerprint density at radius 3 is 2.52 bits per heavy atom. The van der Waals surface area contributed by atoms with Crippen LogP contribution < -0.4 is 4.74 Å². The Morgan fingerprint density at radius 2 is 2.00 bits per heavy atom. The van der Waals surface area contributed by atoms with Gasteiger partial charge in [-0.3, -0.25) is 4.79 Å². The predicted octanol–water partition coefficient (Wildman–Crippen LogP) is 2.59. The van der Waals surface area contributed by atoms with E-state index in [4.69, 9.17) is 4.74 Å². The maximum atomic E-state index is 12.4. The molecule has 0 radical (unpaired) electrons. The van der Waals surface area contributed by atoms with Crippen molar-refractivity contribution in [1.82, 2.24) is 4.90 Å². The van der Waals surface area contributed by atoms with Crippen molar-refractivity contribution in [1.29, 1.82) is 0 Å². The molecule has 0 aliphatic carbocycles. The molecule has 1 N–H and O–H groups in total. The van der Waals surface area contributed by atoms with Gasteiger partial charge in [-0.15, -0.1) is 0 Å². The summed E-state index contributed by atoms with van der Waals surface area (Å²) in [4.78, 5) is 25.5. The number of benzene rings is 1. The summed E-state index contributed by atoms with van der Waals surface area (Å²) in [6.07, 6.45) is 2.02. The average Bonchev–Trinajstić information content (AvgIpc) is 2.98. The van der Waals surface area contributed by atoms with E-state index in [1.165, 1.54) is 0 Å². The van der Waals surface area contributed by atoms with Crippen LogP contribution in [0.2, 0.25) is 0 Å². The first-order valence-corrected chi connectivity index (χ1v) is 8.12. The molecule has 23 heavy (non-hydrogen) atoms. The SMILES string of the molecule is CC[C@@H](C)C(=O)N1C[C@H](Cc2ccc(OC)cc2)C[C@H]1C(=O)O. The van der Waals surface area contributed by atoms with Gasteiger partial charge in [-0.2, -0.15) is 0 Å². The molecule has 1 amide bonds. The minimum absolute atomic E-state index is 0.0443. The van der Waals surface area contributed by atoms with Crippen molar-refractivity contribution in [3.63, 3.8) is 0 Å². The van der Waals surface area contributed by atoms with Crippen LogP contribution in [0.1, 0.15) is 32.3 Å². The van der Waals surface area contributed by atoms with Gasteiger partial charge in [0, 0.05) is 12.5 Å². The monoisotopic (exact) mass is 319 g/mol. The van der Waals surface area contributed by atoms with Crippen LogP contribution in [0.3, 0.4) is 0 Å². The highest BCUT2D eigenvalue weighted by Crippen LogP contribution is 2.29. The molecule has 1 aliphatic heterocycles. The van der Waals surface area contributed by atoms with Crippen LogP contribution in [0.5, 0.6) is 5.75 Å². The third kappa shape index (κ3) is 4.03. The zero-order chi connectivity index (χ0) is 17.0. The van der Waals surface area contributed by atoms with Crippen LogP contribution in [-0.4, -0.2) is 41.6 Å². The lowest BCUT2D eigenvalue weighted by Crippen LogP contribution is -2.42. The molecule has 1 saturated heterocycles. The minimum atomic E-state index is -0.904. The van der Waals surface area contributed by atoms with E-state index in [9.17, 15) is 14.7 Å². The molecule has 5 nitrogen and oxygen atoms in total. The van der Waals surface area contributed by atoms with Gasteiger partial charge in [0.25, 0.3) is 0 Å². The molecule has 1 fully saturated rings. The number of methoxy groups -OCH3 is 1. The molecule has 1 aliphatic rings. The van der Waals surface area contributed by atoms with Crippen molar-refractivity contribution in [2.45, 2.75) is 39.2 Å². The van der Waals surface area contributed by atoms with Gasteiger partial charge in [0.15, 0.2) is 0 Å². The molecule has 0 aromatic heterocycles. The molecule has 5 heteroatoms. The number of carboxylic acids is 1. The number of carbonyl (C=O) groups excluding carboxylic acids is 1. The number of hydrogen-bond acceptors (Lipinski definition) is 3. The zero-order valence-electron chi connectivity index (χ0n) is 14.0. The molecule has 3 atom stereocenters. The second-order valence-electron chi connectivity index (χ2n) is 6.31. The summed E-state index contributed by atoms with van der Waals surface area (Å²) < 4.78 is 5.14. The number of carboxylic acid groups (broad SMARTS) is 1. The first-order valence-electron chi connectivity index (χ1n) is 8.12. The third-order valence-electron chi connectivity index (χ3n) is 4.67. The Kier molecular flexibility index (Phi) is 5.64. The molecule has 126 valence electrons. The Hall–Kier alpha value is -2.04. The van der Waals surface area contributed by atoms with E-state index in [1.54, 1.807) is 12.0 Å². The van der Waals surface area contributed by atoms with Gasteiger partial charge in [-0.1, -0.05) is 26.0 Å². The smallest absolute Gasteiger partial charge is 0.326 e. The summed E-state index contributed by atoms with van der Waals surface area (Å²) in [6.45, 7) is 4.33. The molecule has 0 unspecified atom stereocenters. The number of likely N-dealkylation sites (tertiary alicyclic amines) is 1. The van der Waals surface area contributed by atoms with Crippen molar-refractivity contribution in [3.05, 3.63) is 29.8 Å². The predicted molar refractivity (Wildman–Crippen MR) is 87.4 cm³/mol. The molecule has 0 bridgehead atoms. The summed E-state index contributed by atoms with van der Waals surface area (Å²) in [7, 11) is 1.63. The van der Waals surface area contributed by atoms with Crippen molar-refractivity contribution < 1.29 is 19.4 Å². The summed E-state index contributed by atoms with van der Waals surface area (Å²) in [5.41, 5.74) is 1.14. The van der Waals surface area contributed by atoms with Crippen LogP contribution >= 0.6 is 0 Å². The fourth-order valence-corrected chi connectivity index (χ4v) is 3.10. The van der Waals surface area contributed by atoms with Gasteiger partial charge in [-0.25, -0.2) is 4.79 Å². The summed E-state index contributed by atoms with van der Waals surface area (Å²) in [5.74, 6) is -0.0951. The number of ether oxygens (including phenoxy) is 1. The van der Waals surface area contributed by atoms with Gasteiger partial charge in [0.2, 0.25) is 5.91 Å². The van der Waals surface area contributed by atoms with Gasteiger partial charge in [0.05, 0.1) is 7.11 Å². The van der Waals surface area contributed by atoms with E-state index < -0.39 is 12.0 Å². The largest absolute Gasteiger partial charge is 0.497 e. The number of hydrogen-bond donors (Lipinski definition) is 1. The maximum absolute atomic E-state index is 12.4. The molecule has 0 spiro atoms. The third-order valence-corrected chi connectivity index (χ3v) is 4.67. The molecule has 1 heterocycles.